The SMILES string of the molecule is CCOc1ccc(N(C=N)N=N)c(F)c1. The largest absolute Gasteiger partial charge is 0.494 e. The van der Waals surface area contributed by atoms with Gasteiger partial charge in [0.2, 0.25) is 0 Å². The van der Waals surface area contributed by atoms with Crippen LogP contribution in [0.25, 0.3) is 0 Å². The van der Waals surface area contributed by atoms with Crippen molar-refractivity contribution in [2.45, 2.75) is 6.92 Å². The summed E-state index contributed by atoms with van der Waals surface area (Å²) in [5.41, 5.74) is 6.78. The van der Waals surface area contributed by atoms with E-state index in [-0.39, 0.29) is 5.69 Å². The van der Waals surface area contributed by atoms with Gasteiger partial charge < -0.3 is 4.74 Å². The normalized spacial score (nSPS) is 9.47. The van der Waals surface area contributed by atoms with Crippen molar-refractivity contribution >= 4 is 12.0 Å². The molecule has 0 spiro atoms. The minimum Gasteiger partial charge on any atom is -0.494 e. The molecule has 0 saturated heterocycles. The molecule has 1 aromatic rings. The first-order valence-corrected chi connectivity index (χ1v) is 4.32. The summed E-state index contributed by atoms with van der Waals surface area (Å²) in [6.07, 6.45) is 0.756. The average molecular weight is 210 g/mol. The first-order chi connectivity index (χ1) is 7.22. The Balaban J connectivity index is 3.01. The van der Waals surface area contributed by atoms with E-state index in [4.69, 9.17) is 15.7 Å². The summed E-state index contributed by atoms with van der Waals surface area (Å²) >= 11 is 0. The molecule has 0 saturated carbocycles. The zero-order valence-corrected chi connectivity index (χ0v) is 8.20. The summed E-state index contributed by atoms with van der Waals surface area (Å²) in [6.45, 7) is 2.25. The fourth-order valence-corrected chi connectivity index (χ4v) is 1.08. The van der Waals surface area contributed by atoms with Crippen LogP contribution in [0.3, 0.4) is 0 Å². The third-order valence-electron chi connectivity index (χ3n) is 1.71. The predicted octanol–water partition coefficient (Wildman–Crippen LogP) is 2.58. The number of hydrogen-bond acceptors (Lipinski definition) is 4. The molecule has 0 atom stereocenters. The monoisotopic (exact) mass is 210 g/mol. The highest BCUT2D eigenvalue weighted by Crippen LogP contribution is 2.23. The van der Waals surface area contributed by atoms with Crippen molar-refractivity contribution in [3.63, 3.8) is 0 Å². The van der Waals surface area contributed by atoms with Crippen molar-refractivity contribution in [3.05, 3.63) is 24.0 Å². The standard InChI is InChI=1S/C9H11FN4O/c1-2-15-7-3-4-9(8(10)5-7)14(6-11)13-12/h3-6,11-12H,2H2,1H3. The van der Waals surface area contributed by atoms with Gasteiger partial charge in [0.05, 0.1) is 6.61 Å². The van der Waals surface area contributed by atoms with Crippen molar-refractivity contribution < 1.29 is 9.13 Å². The fraction of sp³-hybridized carbons (Fsp3) is 0.222. The Morgan fingerprint density at radius 3 is 2.80 bits per heavy atom. The molecule has 1 aromatic carbocycles. The van der Waals surface area contributed by atoms with E-state index in [0.29, 0.717) is 12.4 Å². The highest BCUT2D eigenvalue weighted by molar-refractivity contribution is 5.76. The zero-order valence-electron chi connectivity index (χ0n) is 8.20. The van der Waals surface area contributed by atoms with Gasteiger partial charge in [-0.25, -0.2) is 9.40 Å². The molecule has 80 valence electrons. The lowest BCUT2D eigenvalue weighted by Crippen LogP contribution is -2.13. The van der Waals surface area contributed by atoms with Gasteiger partial charge in [0.25, 0.3) is 0 Å². The number of ether oxygens (including phenoxy) is 1. The molecule has 0 amide bonds. The lowest BCUT2D eigenvalue weighted by atomic mass is 10.3. The number of halogens is 1. The first kappa shape index (κ1) is 11.1. The molecule has 0 radical (unpaired) electrons. The Labute approximate surface area is 86.5 Å². The fourth-order valence-electron chi connectivity index (χ4n) is 1.08. The van der Waals surface area contributed by atoms with Crippen molar-refractivity contribution in [1.82, 2.24) is 0 Å². The summed E-state index contributed by atoms with van der Waals surface area (Å²) in [7, 11) is 0. The molecule has 0 aliphatic heterocycles. The van der Waals surface area contributed by atoms with E-state index < -0.39 is 5.82 Å². The highest BCUT2D eigenvalue weighted by atomic mass is 19.1. The molecule has 0 heterocycles. The minimum atomic E-state index is -0.583. The quantitative estimate of drug-likeness (QED) is 0.339. The van der Waals surface area contributed by atoms with Gasteiger partial charge in [-0.3, -0.25) is 5.41 Å². The van der Waals surface area contributed by atoms with Gasteiger partial charge in [0.15, 0.2) is 5.82 Å². The van der Waals surface area contributed by atoms with Crippen molar-refractivity contribution in [1.29, 1.82) is 10.9 Å². The molecule has 6 heteroatoms. The maximum absolute atomic E-state index is 13.4. The second-order valence-electron chi connectivity index (χ2n) is 2.62. The van der Waals surface area contributed by atoms with Crippen molar-refractivity contribution in [2.75, 3.05) is 11.6 Å². The maximum atomic E-state index is 13.4. The predicted molar refractivity (Wildman–Crippen MR) is 54.0 cm³/mol. The molecule has 0 aromatic heterocycles. The third-order valence-corrected chi connectivity index (χ3v) is 1.71. The molecule has 0 aliphatic rings. The van der Waals surface area contributed by atoms with Gasteiger partial charge >= 0.3 is 0 Å². The van der Waals surface area contributed by atoms with Crippen LogP contribution in [0.2, 0.25) is 0 Å². The van der Waals surface area contributed by atoms with Gasteiger partial charge in [0.1, 0.15) is 17.8 Å². The van der Waals surface area contributed by atoms with Gasteiger partial charge in [-0.15, -0.1) is 0 Å². The summed E-state index contributed by atoms with van der Waals surface area (Å²) in [5.74, 6) is -0.172. The van der Waals surface area contributed by atoms with Gasteiger partial charge in [-0.2, -0.15) is 5.53 Å². The molecule has 0 aliphatic carbocycles. The zero-order chi connectivity index (χ0) is 11.3. The Morgan fingerprint density at radius 1 is 1.60 bits per heavy atom. The Kier molecular flexibility index (Phi) is 3.73. The lowest BCUT2D eigenvalue weighted by molar-refractivity contribution is 0.338. The topological polar surface area (TPSA) is 72.5 Å². The van der Waals surface area contributed by atoms with Crippen LogP contribution in [0, 0.1) is 16.8 Å². The third kappa shape index (κ3) is 2.49. The van der Waals surface area contributed by atoms with Crippen LogP contribution in [-0.4, -0.2) is 12.9 Å². The van der Waals surface area contributed by atoms with E-state index in [2.05, 4.69) is 5.22 Å². The molecule has 15 heavy (non-hydrogen) atoms. The molecule has 2 N–H and O–H groups in total. The summed E-state index contributed by atoms with van der Waals surface area (Å²) in [6, 6.07) is 4.16. The number of nitrogens with one attached hydrogen (secondary N) is 2. The molecule has 0 bridgehead atoms. The molecule has 0 fully saturated rings. The van der Waals surface area contributed by atoms with E-state index in [1.165, 1.54) is 12.1 Å². The summed E-state index contributed by atoms with van der Waals surface area (Å²) < 4.78 is 18.5. The van der Waals surface area contributed by atoms with Crippen LogP contribution in [0.5, 0.6) is 5.75 Å². The number of benzene rings is 1. The summed E-state index contributed by atoms with van der Waals surface area (Å²) in [4.78, 5) is 0. The van der Waals surface area contributed by atoms with Crippen molar-refractivity contribution in [2.24, 2.45) is 5.22 Å². The van der Waals surface area contributed by atoms with Crippen LogP contribution < -0.4 is 9.75 Å². The van der Waals surface area contributed by atoms with Crippen LogP contribution in [-0.2, 0) is 0 Å². The molecular formula is C9H11FN4O. The molecule has 1 rings (SSSR count). The van der Waals surface area contributed by atoms with Crippen molar-refractivity contribution in [3.8, 4) is 5.75 Å². The second-order valence-corrected chi connectivity index (χ2v) is 2.62. The Hall–Kier alpha value is -1.98. The molecule has 0 unspecified atom stereocenters. The van der Waals surface area contributed by atoms with E-state index in [9.17, 15) is 4.39 Å². The number of nitrogens with zero attached hydrogens (tertiary/aromatic N) is 2. The molecule has 5 nitrogen and oxygen atoms in total. The van der Waals surface area contributed by atoms with Crippen LogP contribution >= 0.6 is 0 Å². The second kappa shape index (κ2) is 5.04. The first-order valence-electron chi connectivity index (χ1n) is 4.32. The van der Waals surface area contributed by atoms with E-state index in [1.807, 2.05) is 0 Å². The lowest BCUT2D eigenvalue weighted by Gasteiger charge is -2.12. The van der Waals surface area contributed by atoms with Gasteiger partial charge in [-0.05, 0) is 19.1 Å². The van der Waals surface area contributed by atoms with E-state index in [0.717, 1.165) is 11.3 Å². The summed E-state index contributed by atoms with van der Waals surface area (Å²) in [5, 5.41) is 10.7. The number of rotatable bonds is 5. The molecular weight excluding hydrogens is 199 g/mol. The number of hydrogen-bond donors (Lipinski definition) is 2. The van der Waals surface area contributed by atoms with E-state index in [1.54, 1.807) is 13.0 Å². The van der Waals surface area contributed by atoms with Gasteiger partial charge in [0, 0.05) is 6.07 Å². The Morgan fingerprint density at radius 2 is 2.33 bits per heavy atom. The van der Waals surface area contributed by atoms with Crippen LogP contribution in [0.1, 0.15) is 6.92 Å². The van der Waals surface area contributed by atoms with Crippen LogP contribution in [0.15, 0.2) is 23.4 Å². The minimum absolute atomic E-state index is 0.0449. The smallest absolute Gasteiger partial charge is 0.152 e. The average Bonchev–Trinajstić information content (AvgIpc) is 2.23. The van der Waals surface area contributed by atoms with E-state index >= 15 is 0 Å². The maximum Gasteiger partial charge on any atom is 0.152 e. The number of anilines is 1. The van der Waals surface area contributed by atoms with Crippen LogP contribution in [0.4, 0.5) is 10.1 Å². The highest BCUT2D eigenvalue weighted by Gasteiger charge is 2.09. The Bertz CT molecular complexity index is 361. The van der Waals surface area contributed by atoms with Gasteiger partial charge in [-0.1, -0.05) is 5.22 Å².